The van der Waals surface area contributed by atoms with Crippen LogP contribution in [0.15, 0.2) is 24.3 Å². The Kier molecular flexibility index (Phi) is 4.52. The molecule has 0 atom stereocenters. The fourth-order valence-electron chi connectivity index (χ4n) is 1.69. The van der Waals surface area contributed by atoms with Crippen molar-refractivity contribution in [3.05, 3.63) is 24.3 Å². The van der Waals surface area contributed by atoms with E-state index in [2.05, 4.69) is 6.58 Å². The van der Waals surface area contributed by atoms with E-state index in [1.54, 1.807) is 6.08 Å². The van der Waals surface area contributed by atoms with E-state index in [-0.39, 0.29) is 5.78 Å². The van der Waals surface area contributed by atoms with E-state index in [0.29, 0.717) is 6.42 Å². The minimum atomic E-state index is 0.275. The van der Waals surface area contributed by atoms with Crippen molar-refractivity contribution in [1.82, 2.24) is 0 Å². The van der Waals surface area contributed by atoms with Crippen LogP contribution in [-0.4, -0.2) is 5.78 Å². The third-order valence-corrected chi connectivity index (χ3v) is 2.46. The summed E-state index contributed by atoms with van der Waals surface area (Å²) in [5, 5.41) is 0. The van der Waals surface area contributed by atoms with Crippen LogP contribution in [0.1, 0.15) is 44.9 Å². The van der Waals surface area contributed by atoms with E-state index in [4.69, 9.17) is 0 Å². The van der Waals surface area contributed by atoms with Crippen LogP contribution in [-0.2, 0) is 4.79 Å². The summed E-state index contributed by atoms with van der Waals surface area (Å²) in [7, 11) is 0. The molecule has 0 bridgehead atoms. The van der Waals surface area contributed by atoms with Crippen molar-refractivity contribution in [3.63, 3.8) is 0 Å². The fraction of sp³-hybridized carbons (Fsp3) is 0.583. The van der Waals surface area contributed by atoms with Gasteiger partial charge in [0.1, 0.15) is 0 Å². The van der Waals surface area contributed by atoms with Crippen molar-refractivity contribution < 1.29 is 4.79 Å². The maximum atomic E-state index is 11.3. The molecule has 0 saturated heterocycles. The standard InChI is InChI=1S/C12H18O/c1-2-3-9-12(13)10-11-7-5-4-6-8-11/h2,10H,1,3-9H2. The van der Waals surface area contributed by atoms with Crippen LogP contribution < -0.4 is 0 Å². The van der Waals surface area contributed by atoms with Gasteiger partial charge in [-0.2, -0.15) is 0 Å². The first kappa shape index (κ1) is 10.2. The highest BCUT2D eigenvalue weighted by Crippen LogP contribution is 2.22. The molecule has 0 unspecified atom stereocenters. The van der Waals surface area contributed by atoms with Crippen LogP contribution in [0.2, 0.25) is 0 Å². The summed E-state index contributed by atoms with van der Waals surface area (Å²) in [6, 6.07) is 0. The Labute approximate surface area is 80.5 Å². The van der Waals surface area contributed by atoms with Crippen LogP contribution in [0.5, 0.6) is 0 Å². The SMILES string of the molecule is C=CCCC(=O)C=C1CCCCC1. The van der Waals surface area contributed by atoms with Gasteiger partial charge < -0.3 is 0 Å². The molecule has 0 aromatic heterocycles. The van der Waals surface area contributed by atoms with Crippen LogP contribution >= 0.6 is 0 Å². The van der Waals surface area contributed by atoms with Gasteiger partial charge in [0.15, 0.2) is 5.78 Å². The summed E-state index contributed by atoms with van der Waals surface area (Å²) in [4.78, 5) is 11.3. The molecule has 1 saturated carbocycles. The Hall–Kier alpha value is -0.850. The van der Waals surface area contributed by atoms with Crippen LogP contribution in [0.3, 0.4) is 0 Å². The highest BCUT2D eigenvalue weighted by molar-refractivity contribution is 5.90. The van der Waals surface area contributed by atoms with Crippen molar-refractivity contribution in [3.8, 4) is 0 Å². The molecular formula is C12H18O. The molecule has 0 spiro atoms. The zero-order chi connectivity index (χ0) is 9.52. The molecule has 13 heavy (non-hydrogen) atoms. The number of carbonyl (C=O) groups excluding carboxylic acids is 1. The lowest BCUT2D eigenvalue weighted by Gasteiger charge is -2.12. The average molecular weight is 178 g/mol. The molecule has 72 valence electrons. The monoisotopic (exact) mass is 178 g/mol. The summed E-state index contributed by atoms with van der Waals surface area (Å²) in [5.74, 6) is 0.275. The number of carbonyl (C=O) groups is 1. The van der Waals surface area contributed by atoms with Crippen molar-refractivity contribution in [1.29, 1.82) is 0 Å². The molecule has 0 amide bonds. The van der Waals surface area contributed by atoms with Gasteiger partial charge in [0, 0.05) is 6.42 Å². The number of ketones is 1. The number of hydrogen-bond acceptors (Lipinski definition) is 1. The second-order valence-electron chi connectivity index (χ2n) is 3.66. The van der Waals surface area contributed by atoms with Crippen LogP contribution in [0.4, 0.5) is 0 Å². The molecule has 1 aliphatic rings. The van der Waals surface area contributed by atoms with Gasteiger partial charge in [-0.05, 0) is 38.2 Å². The summed E-state index contributed by atoms with van der Waals surface area (Å²) in [6.45, 7) is 3.61. The molecule has 1 nitrogen and oxygen atoms in total. The molecule has 0 radical (unpaired) electrons. The normalized spacial score (nSPS) is 16.8. The topological polar surface area (TPSA) is 17.1 Å². The first-order valence-corrected chi connectivity index (χ1v) is 5.16. The van der Waals surface area contributed by atoms with Gasteiger partial charge in [0.2, 0.25) is 0 Å². The third-order valence-electron chi connectivity index (χ3n) is 2.46. The molecule has 0 heterocycles. The van der Waals surface area contributed by atoms with Gasteiger partial charge in [-0.15, -0.1) is 6.58 Å². The highest BCUT2D eigenvalue weighted by atomic mass is 16.1. The summed E-state index contributed by atoms with van der Waals surface area (Å²) < 4.78 is 0. The van der Waals surface area contributed by atoms with Gasteiger partial charge in [0.25, 0.3) is 0 Å². The quantitative estimate of drug-likeness (QED) is 0.476. The van der Waals surface area contributed by atoms with Gasteiger partial charge >= 0.3 is 0 Å². The molecule has 0 aromatic carbocycles. The zero-order valence-electron chi connectivity index (χ0n) is 8.22. The van der Waals surface area contributed by atoms with E-state index in [1.165, 1.54) is 24.8 Å². The predicted octanol–water partition coefficient (Wildman–Crippen LogP) is 3.41. The van der Waals surface area contributed by atoms with Crippen LogP contribution in [0, 0.1) is 0 Å². The minimum Gasteiger partial charge on any atom is -0.295 e. The Balaban J connectivity index is 2.34. The van der Waals surface area contributed by atoms with Crippen molar-refractivity contribution in [2.24, 2.45) is 0 Å². The maximum Gasteiger partial charge on any atom is 0.155 e. The molecule has 1 rings (SSSR count). The lowest BCUT2D eigenvalue weighted by Crippen LogP contribution is -1.98. The van der Waals surface area contributed by atoms with Gasteiger partial charge in [-0.1, -0.05) is 18.1 Å². The molecule has 1 fully saturated rings. The Bertz CT molecular complexity index is 205. The van der Waals surface area contributed by atoms with Crippen molar-refractivity contribution in [2.45, 2.75) is 44.9 Å². The Morgan fingerprint density at radius 2 is 2.00 bits per heavy atom. The molecule has 0 aromatic rings. The van der Waals surface area contributed by atoms with Gasteiger partial charge in [-0.25, -0.2) is 0 Å². The largest absolute Gasteiger partial charge is 0.295 e. The third kappa shape index (κ3) is 4.07. The molecule has 1 aliphatic carbocycles. The average Bonchev–Trinajstić information content (AvgIpc) is 2.16. The van der Waals surface area contributed by atoms with E-state index < -0.39 is 0 Å². The predicted molar refractivity (Wildman–Crippen MR) is 55.6 cm³/mol. The van der Waals surface area contributed by atoms with Crippen molar-refractivity contribution >= 4 is 5.78 Å². The van der Waals surface area contributed by atoms with Gasteiger partial charge in [0.05, 0.1) is 0 Å². The summed E-state index contributed by atoms with van der Waals surface area (Å²) in [5.41, 5.74) is 1.36. The first-order chi connectivity index (χ1) is 6.33. The second-order valence-corrected chi connectivity index (χ2v) is 3.66. The fourth-order valence-corrected chi connectivity index (χ4v) is 1.69. The second kappa shape index (κ2) is 5.74. The molecular weight excluding hydrogens is 160 g/mol. The number of rotatable bonds is 4. The van der Waals surface area contributed by atoms with E-state index >= 15 is 0 Å². The number of allylic oxidation sites excluding steroid dienone is 3. The zero-order valence-corrected chi connectivity index (χ0v) is 8.22. The van der Waals surface area contributed by atoms with E-state index in [9.17, 15) is 4.79 Å². The molecule has 0 aliphatic heterocycles. The Morgan fingerprint density at radius 1 is 1.31 bits per heavy atom. The highest BCUT2D eigenvalue weighted by Gasteiger charge is 2.06. The maximum absolute atomic E-state index is 11.3. The van der Waals surface area contributed by atoms with Crippen LogP contribution in [0.25, 0.3) is 0 Å². The lowest BCUT2D eigenvalue weighted by atomic mass is 9.93. The minimum absolute atomic E-state index is 0.275. The summed E-state index contributed by atoms with van der Waals surface area (Å²) >= 11 is 0. The number of hydrogen-bond donors (Lipinski definition) is 0. The molecule has 1 heteroatoms. The smallest absolute Gasteiger partial charge is 0.155 e. The Morgan fingerprint density at radius 3 is 2.62 bits per heavy atom. The van der Waals surface area contributed by atoms with Crippen molar-refractivity contribution in [2.75, 3.05) is 0 Å². The van der Waals surface area contributed by atoms with Gasteiger partial charge in [-0.3, -0.25) is 4.79 Å². The molecule has 0 N–H and O–H groups in total. The first-order valence-electron chi connectivity index (χ1n) is 5.16. The lowest BCUT2D eigenvalue weighted by molar-refractivity contribution is -0.114. The summed E-state index contributed by atoms with van der Waals surface area (Å²) in [6.07, 6.45) is 11.2. The van der Waals surface area contributed by atoms with E-state index in [1.807, 2.05) is 6.08 Å². The van der Waals surface area contributed by atoms with E-state index in [0.717, 1.165) is 19.3 Å².